The standard InChI is InChI=1S/C21H25N5OS/c1-14-11-17-18(12-15(14)2)26(19(27)13-25-9-7-24(3)8-10-25)20-16(21(28)23-17)5-4-6-22-20/h4-6,11-12H,7-10,13H2,1-3H3,(H,23,28). The van der Waals surface area contributed by atoms with Crippen molar-refractivity contribution in [1.82, 2.24) is 14.8 Å². The Morgan fingerprint density at radius 1 is 1.18 bits per heavy atom. The van der Waals surface area contributed by atoms with Crippen LogP contribution in [0.25, 0.3) is 0 Å². The summed E-state index contributed by atoms with van der Waals surface area (Å²) in [6.07, 6.45) is 1.71. The number of amides is 1. The van der Waals surface area contributed by atoms with Gasteiger partial charge in [-0.15, -0.1) is 0 Å². The number of carbonyl (C=O) groups excluding carboxylic acids is 1. The van der Waals surface area contributed by atoms with Gasteiger partial charge in [0.1, 0.15) is 10.8 Å². The lowest BCUT2D eigenvalue weighted by molar-refractivity contribution is -0.119. The summed E-state index contributed by atoms with van der Waals surface area (Å²) in [5.74, 6) is 0.613. The average molecular weight is 396 g/mol. The Balaban J connectivity index is 1.76. The number of nitrogens with one attached hydrogen (secondary N) is 1. The highest BCUT2D eigenvalue weighted by Crippen LogP contribution is 2.38. The van der Waals surface area contributed by atoms with Gasteiger partial charge in [-0.1, -0.05) is 12.2 Å². The molecule has 2 aliphatic heterocycles. The van der Waals surface area contributed by atoms with E-state index in [9.17, 15) is 4.79 Å². The van der Waals surface area contributed by atoms with E-state index in [1.54, 1.807) is 11.1 Å². The third-order valence-electron chi connectivity index (χ3n) is 5.55. The summed E-state index contributed by atoms with van der Waals surface area (Å²) >= 11 is 5.61. The van der Waals surface area contributed by atoms with E-state index in [4.69, 9.17) is 12.2 Å². The van der Waals surface area contributed by atoms with Gasteiger partial charge in [0.25, 0.3) is 0 Å². The SMILES string of the molecule is Cc1cc2c(cc1C)N(C(=O)CN1CCN(C)CC1)c1ncccc1C(=S)N2. The minimum absolute atomic E-state index is 0.0144. The van der Waals surface area contributed by atoms with Crippen LogP contribution in [-0.2, 0) is 4.79 Å². The maximum absolute atomic E-state index is 13.5. The highest BCUT2D eigenvalue weighted by atomic mass is 32.1. The molecular formula is C21H25N5OS. The molecule has 146 valence electrons. The Labute approximate surface area is 171 Å². The first kappa shape index (κ1) is 19.0. The molecule has 1 fully saturated rings. The number of rotatable bonds is 2. The minimum atomic E-state index is 0.0144. The van der Waals surface area contributed by atoms with Crippen LogP contribution in [0.3, 0.4) is 0 Å². The van der Waals surface area contributed by atoms with Gasteiger partial charge in [-0.2, -0.15) is 0 Å². The van der Waals surface area contributed by atoms with Crippen molar-refractivity contribution in [1.29, 1.82) is 0 Å². The van der Waals surface area contributed by atoms with Crippen molar-refractivity contribution in [2.24, 2.45) is 0 Å². The van der Waals surface area contributed by atoms with E-state index in [0.29, 0.717) is 17.4 Å². The van der Waals surface area contributed by atoms with E-state index in [2.05, 4.69) is 47.1 Å². The summed E-state index contributed by atoms with van der Waals surface area (Å²) < 4.78 is 0. The molecule has 2 aliphatic rings. The molecule has 28 heavy (non-hydrogen) atoms. The molecule has 0 radical (unpaired) electrons. The largest absolute Gasteiger partial charge is 0.344 e. The number of anilines is 3. The Morgan fingerprint density at radius 2 is 1.89 bits per heavy atom. The molecule has 1 aromatic carbocycles. The van der Waals surface area contributed by atoms with Crippen molar-refractivity contribution in [2.75, 3.05) is 50.0 Å². The van der Waals surface area contributed by atoms with E-state index in [1.807, 2.05) is 18.2 Å². The van der Waals surface area contributed by atoms with Crippen LogP contribution in [0.2, 0.25) is 0 Å². The minimum Gasteiger partial charge on any atom is -0.344 e. The third kappa shape index (κ3) is 3.53. The topological polar surface area (TPSA) is 51.7 Å². The molecule has 0 bridgehead atoms. The Morgan fingerprint density at radius 3 is 2.64 bits per heavy atom. The molecule has 1 amide bonds. The first-order valence-corrected chi connectivity index (χ1v) is 9.96. The number of hydrogen-bond acceptors (Lipinski definition) is 5. The van der Waals surface area contributed by atoms with Crippen LogP contribution >= 0.6 is 12.2 Å². The van der Waals surface area contributed by atoms with Crippen molar-refractivity contribution in [3.8, 4) is 0 Å². The first-order chi connectivity index (χ1) is 13.4. The maximum atomic E-state index is 13.5. The molecule has 1 aromatic heterocycles. The van der Waals surface area contributed by atoms with Crippen LogP contribution in [0, 0.1) is 13.8 Å². The number of aromatic nitrogens is 1. The number of thiocarbonyl (C=S) groups is 1. The molecule has 1 N–H and O–H groups in total. The fourth-order valence-electron chi connectivity index (χ4n) is 3.66. The highest BCUT2D eigenvalue weighted by molar-refractivity contribution is 7.81. The van der Waals surface area contributed by atoms with E-state index < -0.39 is 0 Å². The summed E-state index contributed by atoms with van der Waals surface area (Å²) in [6.45, 7) is 8.21. The lowest BCUT2D eigenvalue weighted by atomic mass is 10.1. The van der Waals surface area contributed by atoms with Gasteiger partial charge in [-0.05, 0) is 56.3 Å². The molecule has 4 rings (SSSR count). The van der Waals surface area contributed by atoms with Crippen LogP contribution in [0.15, 0.2) is 30.5 Å². The molecular weight excluding hydrogens is 370 g/mol. The molecule has 0 atom stereocenters. The lowest BCUT2D eigenvalue weighted by Gasteiger charge is -2.33. The molecule has 7 heteroatoms. The predicted octanol–water partition coefficient (Wildman–Crippen LogP) is 2.71. The fourth-order valence-corrected chi connectivity index (χ4v) is 3.93. The smallest absolute Gasteiger partial charge is 0.246 e. The van der Waals surface area contributed by atoms with E-state index in [-0.39, 0.29) is 5.91 Å². The van der Waals surface area contributed by atoms with Crippen molar-refractivity contribution in [2.45, 2.75) is 13.8 Å². The summed E-state index contributed by atoms with van der Waals surface area (Å²) in [6, 6.07) is 7.87. The Bertz CT molecular complexity index is 936. The molecule has 6 nitrogen and oxygen atoms in total. The molecule has 0 saturated carbocycles. The number of likely N-dealkylation sites (N-methyl/N-ethyl adjacent to an activating group) is 1. The fraction of sp³-hybridized carbons (Fsp3) is 0.381. The Hall–Kier alpha value is -2.35. The molecule has 3 heterocycles. The van der Waals surface area contributed by atoms with E-state index >= 15 is 0 Å². The van der Waals surface area contributed by atoms with Crippen molar-refractivity contribution in [3.63, 3.8) is 0 Å². The third-order valence-corrected chi connectivity index (χ3v) is 5.87. The van der Waals surface area contributed by atoms with Crippen LogP contribution in [0.1, 0.15) is 16.7 Å². The number of aryl methyl sites for hydroxylation is 2. The second-order valence-electron chi connectivity index (χ2n) is 7.59. The zero-order valence-electron chi connectivity index (χ0n) is 16.5. The summed E-state index contributed by atoms with van der Waals surface area (Å²) in [5, 5.41) is 3.32. The number of benzene rings is 1. The number of nitrogens with zero attached hydrogens (tertiary/aromatic N) is 4. The normalized spacial score (nSPS) is 17.5. The second-order valence-corrected chi connectivity index (χ2v) is 8.00. The van der Waals surface area contributed by atoms with E-state index in [1.165, 1.54) is 0 Å². The van der Waals surface area contributed by atoms with Gasteiger partial charge in [0.05, 0.1) is 23.5 Å². The quantitative estimate of drug-likeness (QED) is 0.789. The number of piperazine rings is 1. The van der Waals surface area contributed by atoms with Crippen LogP contribution in [-0.4, -0.2) is 65.5 Å². The number of pyridine rings is 1. The predicted molar refractivity (Wildman–Crippen MR) is 117 cm³/mol. The number of fused-ring (bicyclic) bond motifs is 2. The van der Waals surface area contributed by atoms with Gasteiger partial charge in [-0.25, -0.2) is 4.98 Å². The second kappa shape index (κ2) is 7.58. The van der Waals surface area contributed by atoms with Crippen molar-refractivity contribution in [3.05, 3.63) is 47.2 Å². The van der Waals surface area contributed by atoms with Crippen LogP contribution in [0.4, 0.5) is 17.2 Å². The zero-order valence-corrected chi connectivity index (χ0v) is 17.3. The van der Waals surface area contributed by atoms with Gasteiger partial charge in [0.2, 0.25) is 5.91 Å². The molecule has 1 saturated heterocycles. The van der Waals surface area contributed by atoms with Gasteiger partial charge >= 0.3 is 0 Å². The molecule has 0 spiro atoms. The zero-order chi connectivity index (χ0) is 19.8. The average Bonchev–Trinajstić information content (AvgIpc) is 2.78. The van der Waals surface area contributed by atoms with Crippen LogP contribution in [0.5, 0.6) is 0 Å². The molecule has 0 aliphatic carbocycles. The molecule has 0 unspecified atom stereocenters. The number of hydrogen-bond donors (Lipinski definition) is 1. The Kier molecular flexibility index (Phi) is 5.14. The summed E-state index contributed by atoms with van der Waals surface area (Å²) in [5.41, 5.74) is 4.71. The maximum Gasteiger partial charge on any atom is 0.246 e. The molecule has 2 aromatic rings. The number of carbonyl (C=O) groups is 1. The van der Waals surface area contributed by atoms with Crippen molar-refractivity contribution < 1.29 is 4.79 Å². The van der Waals surface area contributed by atoms with Gasteiger partial charge < -0.3 is 10.2 Å². The first-order valence-electron chi connectivity index (χ1n) is 9.55. The van der Waals surface area contributed by atoms with Gasteiger partial charge in [0, 0.05) is 32.4 Å². The summed E-state index contributed by atoms with van der Waals surface area (Å²) in [4.78, 5) is 24.8. The summed E-state index contributed by atoms with van der Waals surface area (Å²) in [7, 11) is 2.11. The van der Waals surface area contributed by atoms with Gasteiger partial charge in [0.15, 0.2) is 0 Å². The van der Waals surface area contributed by atoms with Crippen LogP contribution < -0.4 is 10.2 Å². The van der Waals surface area contributed by atoms with Gasteiger partial charge in [-0.3, -0.25) is 14.6 Å². The highest BCUT2D eigenvalue weighted by Gasteiger charge is 2.30. The van der Waals surface area contributed by atoms with Crippen molar-refractivity contribution >= 4 is 40.3 Å². The monoisotopic (exact) mass is 395 g/mol. The van der Waals surface area contributed by atoms with E-state index in [0.717, 1.165) is 54.2 Å². The lowest BCUT2D eigenvalue weighted by Crippen LogP contribution is -2.48.